The van der Waals surface area contributed by atoms with Gasteiger partial charge in [0.05, 0.1) is 12.5 Å². The molecule has 0 unspecified atom stereocenters. The van der Waals surface area contributed by atoms with E-state index in [1.807, 2.05) is 60.3 Å². The van der Waals surface area contributed by atoms with Crippen LogP contribution >= 0.6 is 0 Å². The largest absolute Gasteiger partial charge is 0.346 e. The summed E-state index contributed by atoms with van der Waals surface area (Å²) < 4.78 is 28.3. The average molecular weight is 340 g/mol. The van der Waals surface area contributed by atoms with E-state index in [1.165, 1.54) is 6.07 Å². The summed E-state index contributed by atoms with van der Waals surface area (Å²) in [6.45, 7) is 2.00. The Morgan fingerprint density at radius 1 is 1.04 bits per heavy atom. The molecule has 0 saturated carbocycles. The molecule has 5 heteroatoms. The first-order valence-corrected chi connectivity index (χ1v) is 7.97. The number of halogens is 2. The fourth-order valence-corrected chi connectivity index (χ4v) is 2.79. The Bertz CT molecular complexity index is 875. The molecule has 1 amide bonds. The predicted octanol–water partition coefficient (Wildman–Crippen LogP) is 4.69. The zero-order chi connectivity index (χ0) is 17.8. The topological polar surface area (TPSA) is 34.0 Å². The molecule has 25 heavy (non-hydrogen) atoms. The number of aromatic nitrogens is 1. The van der Waals surface area contributed by atoms with Gasteiger partial charge in [-0.05, 0) is 36.8 Å². The summed E-state index contributed by atoms with van der Waals surface area (Å²) >= 11 is 0. The quantitative estimate of drug-likeness (QED) is 0.718. The van der Waals surface area contributed by atoms with Gasteiger partial charge in [0.15, 0.2) is 11.6 Å². The van der Waals surface area contributed by atoms with Crippen molar-refractivity contribution in [1.82, 2.24) is 4.57 Å². The lowest BCUT2D eigenvalue weighted by Crippen LogP contribution is -2.19. The summed E-state index contributed by atoms with van der Waals surface area (Å²) in [6.07, 6.45) is 3.98. The van der Waals surface area contributed by atoms with E-state index in [4.69, 9.17) is 0 Å². The lowest BCUT2D eigenvalue weighted by atomic mass is 10.0. The number of carbonyl (C=O) groups excluding carboxylic acids is 1. The van der Waals surface area contributed by atoms with Crippen molar-refractivity contribution in [3.05, 3.63) is 89.8 Å². The van der Waals surface area contributed by atoms with Crippen molar-refractivity contribution in [2.75, 3.05) is 5.32 Å². The molecule has 1 heterocycles. The molecule has 1 aromatic heterocycles. The third-order valence-corrected chi connectivity index (χ3v) is 4.00. The van der Waals surface area contributed by atoms with E-state index in [-0.39, 0.29) is 24.1 Å². The van der Waals surface area contributed by atoms with Crippen LogP contribution in [0.15, 0.2) is 67.0 Å². The van der Waals surface area contributed by atoms with Gasteiger partial charge >= 0.3 is 0 Å². The molecule has 0 bridgehead atoms. The highest BCUT2D eigenvalue weighted by atomic mass is 19.2. The van der Waals surface area contributed by atoms with Gasteiger partial charge in [0.2, 0.25) is 5.91 Å². The van der Waals surface area contributed by atoms with Crippen LogP contribution in [0.3, 0.4) is 0 Å². The number of hydrogen-bond acceptors (Lipinski definition) is 1. The van der Waals surface area contributed by atoms with E-state index in [0.717, 1.165) is 23.3 Å². The van der Waals surface area contributed by atoms with Crippen LogP contribution in [-0.2, 0) is 4.79 Å². The average Bonchev–Trinajstić information content (AvgIpc) is 3.10. The van der Waals surface area contributed by atoms with Gasteiger partial charge < -0.3 is 9.88 Å². The molecule has 1 atom stereocenters. The van der Waals surface area contributed by atoms with Crippen LogP contribution in [-0.4, -0.2) is 10.5 Å². The van der Waals surface area contributed by atoms with Gasteiger partial charge in [-0.25, -0.2) is 8.78 Å². The molecule has 0 aliphatic heterocycles. The van der Waals surface area contributed by atoms with Crippen molar-refractivity contribution in [2.24, 2.45) is 0 Å². The molecule has 0 aliphatic carbocycles. The van der Waals surface area contributed by atoms with Crippen molar-refractivity contribution in [3.8, 4) is 0 Å². The fraction of sp³-hybridized carbons (Fsp3) is 0.150. The normalized spacial score (nSPS) is 12.0. The summed E-state index contributed by atoms with van der Waals surface area (Å²) in [7, 11) is 0. The lowest BCUT2D eigenvalue weighted by Gasteiger charge is -2.20. The van der Waals surface area contributed by atoms with Gasteiger partial charge in [0.25, 0.3) is 0 Å². The smallest absolute Gasteiger partial charge is 0.226 e. The molecule has 1 N–H and O–H groups in total. The molecule has 0 aliphatic rings. The van der Waals surface area contributed by atoms with Crippen LogP contribution < -0.4 is 5.32 Å². The van der Waals surface area contributed by atoms with Crippen LogP contribution in [0.5, 0.6) is 0 Å². The Labute approximate surface area is 144 Å². The number of anilines is 1. The fourth-order valence-electron chi connectivity index (χ4n) is 2.79. The maximum atomic E-state index is 13.3. The van der Waals surface area contributed by atoms with Gasteiger partial charge in [-0.15, -0.1) is 0 Å². The molecule has 0 spiro atoms. The molecule has 3 rings (SSSR count). The van der Waals surface area contributed by atoms with Crippen molar-refractivity contribution in [3.63, 3.8) is 0 Å². The Balaban J connectivity index is 1.80. The first-order valence-electron chi connectivity index (χ1n) is 7.97. The molecular weight excluding hydrogens is 322 g/mol. The van der Waals surface area contributed by atoms with E-state index < -0.39 is 11.6 Å². The van der Waals surface area contributed by atoms with E-state index in [0.29, 0.717) is 0 Å². The maximum Gasteiger partial charge on any atom is 0.226 e. The number of carbonyl (C=O) groups is 1. The highest BCUT2D eigenvalue weighted by Crippen LogP contribution is 2.24. The van der Waals surface area contributed by atoms with Gasteiger partial charge in [-0.1, -0.05) is 29.8 Å². The standard InChI is InChI=1S/C20H18F2N2O/c1-14-5-4-6-15(11-14)19(24-9-2-3-10-24)13-20(25)23-16-7-8-17(21)18(22)12-16/h2-12,19H,13H2,1H3,(H,23,25)/t19-/m0/s1. The number of aryl methyl sites for hydroxylation is 1. The van der Waals surface area contributed by atoms with Crippen LogP contribution in [0.2, 0.25) is 0 Å². The molecule has 0 radical (unpaired) electrons. The van der Waals surface area contributed by atoms with Crippen molar-refractivity contribution in [2.45, 2.75) is 19.4 Å². The van der Waals surface area contributed by atoms with Crippen LogP contribution in [0.1, 0.15) is 23.6 Å². The number of amides is 1. The molecule has 2 aromatic carbocycles. The Hall–Kier alpha value is -2.95. The van der Waals surface area contributed by atoms with Gasteiger partial charge in [-0.2, -0.15) is 0 Å². The minimum atomic E-state index is -0.988. The highest BCUT2D eigenvalue weighted by molar-refractivity contribution is 5.91. The summed E-state index contributed by atoms with van der Waals surface area (Å²) in [5.41, 5.74) is 2.35. The second-order valence-electron chi connectivity index (χ2n) is 5.94. The third kappa shape index (κ3) is 4.12. The maximum absolute atomic E-state index is 13.3. The minimum Gasteiger partial charge on any atom is -0.346 e. The molecule has 3 aromatic rings. The van der Waals surface area contributed by atoms with E-state index >= 15 is 0 Å². The third-order valence-electron chi connectivity index (χ3n) is 4.00. The molecular formula is C20H18F2N2O. The number of nitrogens with one attached hydrogen (secondary N) is 1. The SMILES string of the molecule is Cc1cccc([C@H](CC(=O)Nc2ccc(F)c(F)c2)n2cccc2)c1. The van der Waals surface area contributed by atoms with Gasteiger partial charge in [0.1, 0.15) is 0 Å². The van der Waals surface area contributed by atoms with Crippen LogP contribution in [0.4, 0.5) is 14.5 Å². The second kappa shape index (κ2) is 7.30. The first kappa shape index (κ1) is 16.9. The highest BCUT2D eigenvalue weighted by Gasteiger charge is 2.18. The van der Waals surface area contributed by atoms with Crippen molar-refractivity contribution < 1.29 is 13.6 Å². The molecule has 128 valence electrons. The summed E-state index contributed by atoms with van der Waals surface area (Å²) in [5, 5.41) is 2.63. The number of hydrogen-bond donors (Lipinski definition) is 1. The Morgan fingerprint density at radius 2 is 1.80 bits per heavy atom. The number of benzene rings is 2. The first-order chi connectivity index (χ1) is 12.0. The summed E-state index contributed by atoms with van der Waals surface area (Å²) in [4.78, 5) is 12.4. The predicted molar refractivity (Wildman–Crippen MR) is 93.4 cm³/mol. The lowest BCUT2D eigenvalue weighted by molar-refractivity contribution is -0.116. The van der Waals surface area contributed by atoms with Crippen molar-refractivity contribution >= 4 is 11.6 Å². The number of nitrogens with zero attached hydrogens (tertiary/aromatic N) is 1. The molecule has 0 fully saturated rings. The molecule has 0 saturated heterocycles. The van der Waals surface area contributed by atoms with Crippen LogP contribution in [0, 0.1) is 18.6 Å². The zero-order valence-electron chi connectivity index (χ0n) is 13.7. The van der Waals surface area contributed by atoms with Crippen LogP contribution in [0.25, 0.3) is 0 Å². The second-order valence-corrected chi connectivity index (χ2v) is 5.94. The molecule has 3 nitrogen and oxygen atoms in total. The van der Waals surface area contributed by atoms with Gasteiger partial charge in [-0.3, -0.25) is 4.79 Å². The van der Waals surface area contributed by atoms with E-state index in [9.17, 15) is 13.6 Å². The van der Waals surface area contributed by atoms with E-state index in [1.54, 1.807) is 0 Å². The summed E-state index contributed by atoms with van der Waals surface area (Å²) in [5.74, 6) is -2.20. The Morgan fingerprint density at radius 3 is 2.48 bits per heavy atom. The van der Waals surface area contributed by atoms with E-state index in [2.05, 4.69) is 5.32 Å². The monoisotopic (exact) mass is 340 g/mol. The number of rotatable bonds is 5. The summed E-state index contributed by atoms with van der Waals surface area (Å²) in [6, 6.07) is 14.9. The minimum absolute atomic E-state index is 0.178. The Kier molecular flexibility index (Phi) is 4.93. The van der Waals surface area contributed by atoms with Crippen molar-refractivity contribution in [1.29, 1.82) is 0 Å². The van der Waals surface area contributed by atoms with Gasteiger partial charge in [0, 0.05) is 24.1 Å². The zero-order valence-corrected chi connectivity index (χ0v) is 13.7.